The lowest BCUT2D eigenvalue weighted by Crippen LogP contribution is -2.18. The number of nitrogens with one attached hydrogen (secondary N) is 1. The summed E-state index contributed by atoms with van der Waals surface area (Å²) in [5, 5.41) is 3.84. The van der Waals surface area contributed by atoms with Gasteiger partial charge in [-0.3, -0.25) is 0 Å². The predicted octanol–water partition coefficient (Wildman–Crippen LogP) is 3.40. The van der Waals surface area contributed by atoms with Crippen molar-refractivity contribution in [1.29, 1.82) is 0 Å². The highest BCUT2D eigenvalue weighted by atomic mass is 79.9. The second-order valence-electron chi connectivity index (χ2n) is 5.30. The zero-order valence-corrected chi connectivity index (χ0v) is 16.7. The summed E-state index contributed by atoms with van der Waals surface area (Å²) in [5.41, 5.74) is 2.56. The third-order valence-electron chi connectivity index (χ3n) is 3.68. The molecule has 0 aliphatic rings. The van der Waals surface area contributed by atoms with Crippen molar-refractivity contribution < 1.29 is 17.9 Å². The van der Waals surface area contributed by atoms with Gasteiger partial charge in [0.2, 0.25) is 0 Å². The summed E-state index contributed by atoms with van der Waals surface area (Å²) in [6.07, 6.45) is 1.39. The molecule has 0 amide bonds. The molecule has 8 heteroatoms. The van der Waals surface area contributed by atoms with Crippen LogP contribution in [0.15, 0.2) is 44.8 Å². The van der Waals surface area contributed by atoms with Crippen molar-refractivity contribution in [3.8, 4) is 11.5 Å². The first-order valence-corrected chi connectivity index (χ1v) is 9.60. The van der Waals surface area contributed by atoms with Gasteiger partial charge >= 0.3 is 0 Å². The van der Waals surface area contributed by atoms with E-state index in [1.54, 1.807) is 30.3 Å². The minimum absolute atomic E-state index is 0.166. The Morgan fingerprint density at radius 1 is 1.08 bits per heavy atom. The second-order valence-corrected chi connectivity index (χ2v) is 7.76. The molecule has 0 unspecified atom stereocenters. The van der Waals surface area contributed by atoms with E-state index in [-0.39, 0.29) is 4.90 Å². The van der Waals surface area contributed by atoms with Gasteiger partial charge < -0.3 is 9.47 Å². The topological polar surface area (TPSA) is 77.0 Å². The van der Waals surface area contributed by atoms with Crippen LogP contribution in [0.1, 0.15) is 16.7 Å². The highest BCUT2D eigenvalue weighted by Gasteiger charge is 2.14. The molecule has 0 fully saturated rings. The fourth-order valence-corrected chi connectivity index (χ4v) is 3.57. The monoisotopic (exact) mass is 426 g/mol. The van der Waals surface area contributed by atoms with Gasteiger partial charge in [-0.25, -0.2) is 4.83 Å². The number of hydrazone groups is 1. The van der Waals surface area contributed by atoms with Crippen LogP contribution in [0.4, 0.5) is 0 Å². The van der Waals surface area contributed by atoms with Gasteiger partial charge in [-0.15, -0.1) is 0 Å². The molecule has 0 saturated carbocycles. The van der Waals surface area contributed by atoms with Gasteiger partial charge in [0.05, 0.1) is 29.8 Å². The first-order valence-electron chi connectivity index (χ1n) is 7.32. The number of sulfonamides is 1. The van der Waals surface area contributed by atoms with E-state index >= 15 is 0 Å². The lowest BCUT2D eigenvalue weighted by molar-refractivity contribution is 0.353. The van der Waals surface area contributed by atoms with Crippen LogP contribution in [-0.4, -0.2) is 28.9 Å². The lowest BCUT2D eigenvalue weighted by Gasteiger charge is -2.11. The molecule has 2 aromatic carbocycles. The maximum Gasteiger partial charge on any atom is 0.276 e. The van der Waals surface area contributed by atoms with E-state index in [2.05, 4.69) is 25.9 Å². The molecular weight excluding hydrogens is 408 g/mol. The molecule has 0 spiro atoms. The van der Waals surface area contributed by atoms with E-state index in [1.807, 2.05) is 13.8 Å². The molecule has 0 aromatic heterocycles. The van der Waals surface area contributed by atoms with E-state index in [4.69, 9.17) is 9.47 Å². The maximum atomic E-state index is 12.3. The molecule has 0 aliphatic heterocycles. The summed E-state index contributed by atoms with van der Waals surface area (Å²) >= 11 is 3.40. The van der Waals surface area contributed by atoms with Crippen LogP contribution in [0, 0.1) is 13.8 Å². The third-order valence-corrected chi connectivity index (χ3v) is 5.72. The van der Waals surface area contributed by atoms with Crippen molar-refractivity contribution in [2.45, 2.75) is 18.7 Å². The van der Waals surface area contributed by atoms with Crippen LogP contribution in [-0.2, 0) is 10.0 Å². The summed E-state index contributed by atoms with van der Waals surface area (Å²) in [5.74, 6) is 1.06. The van der Waals surface area contributed by atoms with Crippen molar-refractivity contribution in [3.05, 3.63) is 51.5 Å². The fraction of sp³-hybridized carbons (Fsp3) is 0.235. The number of aryl methyl sites for hydroxylation is 2. The smallest absolute Gasteiger partial charge is 0.276 e. The lowest BCUT2D eigenvalue weighted by atomic mass is 10.1. The number of halogens is 1. The van der Waals surface area contributed by atoms with Crippen LogP contribution in [0.25, 0.3) is 0 Å². The summed E-state index contributed by atoms with van der Waals surface area (Å²) < 4.78 is 35.7. The molecule has 134 valence electrons. The average Bonchev–Trinajstić information content (AvgIpc) is 2.58. The normalized spacial score (nSPS) is 11.6. The Kier molecular flexibility index (Phi) is 6.07. The Hall–Kier alpha value is -2.06. The Bertz CT molecular complexity index is 911. The molecule has 1 N–H and O–H groups in total. The maximum absolute atomic E-state index is 12.3. The molecular formula is C17H19BrN2O4S. The summed E-state index contributed by atoms with van der Waals surface area (Å²) in [6.45, 7) is 3.78. The molecule has 0 radical (unpaired) electrons. The summed E-state index contributed by atoms with van der Waals surface area (Å²) in [6, 6.07) is 8.37. The van der Waals surface area contributed by atoms with Crippen LogP contribution < -0.4 is 14.3 Å². The Morgan fingerprint density at radius 3 is 2.40 bits per heavy atom. The van der Waals surface area contributed by atoms with Gasteiger partial charge in [-0.2, -0.15) is 13.5 Å². The van der Waals surface area contributed by atoms with Gasteiger partial charge in [-0.05, 0) is 65.2 Å². The number of ether oxygens (including phenoxy) is 2. The first-order chi connectivity index (χ1) is 11.8. The van der Waals surface area contributed by atoms with Gasteiger partial charge in [0.15, 0.2) is 11.5 Å². The highest BCUT2D eigenvalue weighted by molar-refractivity contribution is 9.10. The van der Waals surface area contributed by atoms with E-state index in [9.17, 15) is 8.42 Å². The van der Waals surface area contributed by atoms with Crippen molar-refractivity contribution in [1.82, 2.24) is 4.83 Å². The van der Waals surface area contributed by atoms with E-state index in [1.165, 1.54) is 20.4 Å². The molecule has 0 atom stereocenters. The Balaban J connectivity index is 2.24. The minimum Gasteiger partial charge on any atom is -0.493 e. The number of hydrogen-bond donors (Lipinski definition) is 1. The van der Waals surface area contributed by atoms with Crippen molar-refractivity contribution in [3.63, 3.8) is 0 Å². The average molecular weight is 427 g/mol. The standard InChI is InChI=1S/C17H19BrN2O4S/c1-11-5-7-14(9-12(11)2)25(21,22)20-19-10-13-6-8-15(23-3)17(24-4)16(13)18/h5-10,20H,1-4H3/b19-10+. The zero-order valence-electron chi connectivity index (χ0n) is 14.3. The summed E-state index contributed by atoms with van der Waals surface area (Å²) in [4.78, 5) is 2.38. The second kappa shape index (κ2) is 7.88. The highest BCUT2D eigenvalue weighted by Crippen LogP contribution is 2.36. The van der Waals surface area contributed by atoms with Crippen molar-refractivity contribution in [2.24, 2.45) is 5.10 Å². The van der Waals surface area contributed by atoms with E-state index < -0.39 is 10.0 Å². The molecule has 6 nitrogen and oxygen atoms in total. The Morgan fingerprint density at radius 2 is 1.80 bits per heavy atom. The van der Waals surface area contributed by atoms with Crippen molar-refractivity contribution >= 4 is 32.2 Å². The van der Waals surface area contributed by atoms with E-state index in [0.717, 1.165) is 11.1 Å². The third kappa shape index (κ3) is 4.32. The number of hydrogen-bond acceptors (Lipinski definition) is 5. The molecule has 0 bridgehead atoms. The SMILES string of the molecule is COc1ccc(/C=N/NS(=O)(=O)c2ccc(C)c(C)c2)c(Br)c1OC. The van der Waals surface area contributed by atoms with E-state index in [0.29, 0.717) is 21.5 Å². The number of nitrogens with zero attached hydrogens (tertiary/aromatic N) is 1. The number of rotatable bonds is 6. The van der Waals surface area contributed by atoms with Gasteiger partial charge in [-0.1, -0.05) is 6.07 Å². The Labute approximate surface area is 156 Å². The van der Waals surface area contributed by atoms with Gasteiger partial charge in [0, 0.05) is 5.56 Å². The van der Waals surface area contributed by atoms with Crippen LogP contribution in [0.2, 0.25) is 0 Å². The quantitative estimate of drug-likeness (QED) is 0.567. The number of methoxy groups -OCH3 is 2. The molecule has 2 aromatic rings. The largest absolute Gasteiger partial charge is 0.493 e. The molecule has 2 rings (SSSR count). The molecule has 0 saturated heterocycles. The molecule has 0 aliphatic carbocycles. The van der Waals surface area contributed by atoms with Crippen LogP contribution >= 0.6 is 15.9 Å². The van der Waals surface area contributed by atoms with Crippen LogP contribution in [0.3, 0.4) is 0 Å². The van der Waals surface area contributed by atoms with Gasteiger partial charge in [0.1, 0.15) is 0 Å². The predicted molar refractivity (Wildman–Crippen MR) is 101 cm³/mol. The molecule has 0 heterocycles. The van der Waals surface area contributed by atoms with Crippen LogP contribution in [0.5, 0.6) is 11.5 Å². The first kappa shape index (κ1) is 19.3. The van der Waals surface area contributed by atoms with Gasteiger partial charge in [0.25, 0.3) is 10.0 Å². The van der Waals surface area contributed by atoms with Crippen molar-refractivity contribution in [2.75, 3.05) is 14.2 Å². The number of benzene rings is 2. The summed E-state index contributed by atoms with van der Waals surface area (Å²) in [7, 11) is -0.673. The molecule has 25 heavy (non-hydrogen) atoms. The zero-order chi connectivity index (χ0) is 18.6. The fourth-order valence-electron chi connectivity index (χ4n) is 2.10. The minimum atomic E-state index is -3.73.